The second-order valence-corrected chi connectivity index (χ2v) is 4.50. The quantitative estimate of drug-likeness (QED) is 0.697. The van der Waals surface area contributed by atoms with E-state index in [0.29, 0.717) is 6.54 Å². The van der Waals surface area contributed by atoms with Crippen molar-refractivity contribution in [2.45, 2.75) is 26.2 Å². The van der Waals surface area contributed by atoms with Crippen LogP contribution >= 0.6 is 0 Å². The molecule has 0 aliphatic rings. The molecule has 2 amide bonds. The molecule has 0 aliphatic carbocycles. The van der Waals surface area contributed by atoms with E-state index in [-0.39, 0.29) is 6.03 Å². The van der Waals surface area contributed by atoms with Crippen molar-refractivity contribution >= 4 is 17.1 Å². The highest BCUT2D eigenvalue weighted by molar-refractivity contribution is 5.79. The third-order valence-electron chi connectivity index (χ3n) is 3.03. The fourth-order valence-corrected chi connectivity index (χ4v) is 1.97. The van der Waals surface area contributed by atoms with Crippen LogP contribution < -0.4 is 10.6 Å². The molecule has 0 aromatic carbocycles. The summed E-state index contributed by atoms with van der Waals surface area (Å²) in [5.74, 6) is 0. The number of rotatable bonds is 6. The summed E-state index contributed by atoms with van der Waals surface area (Å²) in [7, 11) is 0. The maximum atomic E-state index is 11.5. The average molecular weight is 260 g/mol. The summed E-state index contributed by atoms with van der Waals surface area (Å²) < 4.78 is 0. The minimum absolute atomic E-state index is 0.0913. The summed E-state index contributed by atoms with van der Waals surface area (Å²) in [5, 5.41) is 6.81. The summed E-state index contributed by atoms with van der Waals surface area (Å²) in [6.45, 7) is 3.46. The van der Waals surface area contributed by atoms with Crippen LogP contribution in [0.2, 0.25) is 0 Å². The molecule has 2 heterocycles. The molecule has 5 nitrogen and oxygen atoms in total. The summed E-state index contributed by atoms with van der Waals surface area (Å²) in [5.41, 5.74) is 2.07. The van der Waals surface area contributed by atoms with Gasteiger partial charge in [-0.05, 0) is 30.5 Å². The molecule has 0 spiro atoms. The number of carbonyl (C=O) groups excluding carboxylic acids is 1. The number of pyridine rings is 1. The normalized spacial score (nSPS) is 10.6. The van der Waals surface area contributed by atoms with E-state index in [1.807, 2.05) is 18.3 Å². The number of fused-ring (bicyclic) bond motifs is 1. The number of carbonyl (C=O) groups is 1. The molecular weight excluding hydrogens is 240 g/mol. The smallest absolute Gasteiger partial charge is 0.314 e. The first kappa shape index (κ1) is 13.4. The molecular formula is C14H20N4O. The zero-order chi connectivity index (χ0) is 13.5. The maximum absolute atomic E-state index is 11.5. The van der Waals surface area contributed by atoms with Crippen molar-refractivity contribution in [1.29, 1.82) is 0 Å². The van der Waals surface area contributed by atoms with Gasteiger partial charge >= 0.3 is 6.03 Å². The zero-order valence-electron chi connectivity index (χ0n) is 11.2. The molecule has 3 N–H and O–H groups in total. The van der Waals surface area contributed by atoms with Gasteiger partial charge in [-0.1, -0.05) is 13.3 Å². The number of aromatic nitrogens is 2. The van der Waals surface area contributed by atoms with Crippen molar-refractivity contribution in [2.75, 3.05) is 13.1 Å². The largest absolute Gasteiger partial charge is 0.346 e. The number of hydrogen-bond acceptors (Lipinski definition) is 2. The van der Waals surface area contributed by atoms with Gasteiger partial charge in [-0.25, -0.2) is 9.78 Å². The molecule has 2 aromatic heterocycles. The zero-order valence-corrected chi connectivity index (χ0v) is 11.2. The van der Waals surface area contributed by atoms with E-state index in [4.69, 9.17) is 0 Å². The van der Waals surface area contributed by atoms with E-state index in [2.05, 4.69) is 27.5 Å². The van der Waals surface area contributed by atoms with Gasteiger partial charge in [0, 0.05) is 30.9 Å². The van der Waals surface area contributed by atoms with Crippen molar-refractivity contribution in [3.63, 3.8) is 0 Å². The molecule has 2 rings (SSSR count). The van der Waals surface area contributed by atoms with Gasteiger partial charge < -0.3 is 15.6 Å². The van der Waals surface area contributed by atoms with Gasteiger partial charge in [0.1, 0.15) is 5.65 Å². The average Bonchev–Trinajstić information content (AvgIpc) is 2.83. The Hall–Kier alpha value is -2.04. The van der Waals surface area contributed by atoms with Crippen LogP contribution in [0.3, 0.4) is 0 Å². The van der Waals surface area contributed by atoms with Gasteiger partial charge in [0.25, 0.3) is 0 Å². The lowest BCUT2D eigenvalue weighted by molar-refractivity contribution is 0.241. The van der Waals surface area contributed by atoms with Gasteiger partial charge in [0.2, 0.25) is 0 Å². The summed E-state index contributed by atoms with van der Waals surface area (Å²) >= 11 is 0. The molecule has 19 heavy (non-hydrogen) atoms. The third kappa shape index (κ3) is 3.71. The fraction of sp³-hybridized carbons (Fsp3) is 0.429. The number of unbranched alkanes of at least 4 members (excludes halogenated alkanes) is 1. The molecule has 2 aromatic rings. The number of urea groups is 1. The molecule has 0 fully saturated rings. The Balaban J connectivity index is 1.78. The number of H-pyrrole nitrogens is 1. The van der Waals surface area contributed by atoms with Gasteiger partial charge in [-0.2, -0.15) is 0 Å². The van der Waals surface area contributed by atoms with E-state index in [1.54, 1.807) is 6.20 Å². The highest BCUT2D eigenvalue weighted by Crippen LogP contribution is 2.15. The molecule has 102 valence electrons. The Morgan fingerprint density at radius 1 is 1.37 bits per heavy atom. The number of nitrogens with zero attached hydrogens (tertiary/aromatic N) is 1. The van der Waals surface area contributed by atoms with Gasteiger partial charge in [0.05, 0.1) is 0 Å². The molecule has 0 atom stereocenters. The summed E-state index contributed by atoms with van der Waals surface area (Å²) in [6.07, 6.45) is 6.62. The van der Waals surface area contributed by atoms with E-state index >= 15 is 0 Å². The van der Waals surface area contributed by atoms with Crippen molar-refractivity contribution < 1.29 is 4.79 Å². The predicted octanol–water partition coefficient (Wildman–Crippen LogP) is 2.20. The van der Waals surface area contributed by atoms with Crippen LogP contribution in [0, 0.1) is 0 Å². The standard InChI is InChI=1S/C14H20N4O/c1-2-3-7-16-14(19)17-9-6-11-10-18-13-12(11)5-4-8-15-13/h4-5,8,10H,2-3,6-7,9H2,1H3,(H,15,18)(H2,16,17,19). The number of nitrogens with one attached hydrogen (secondary N) is 3. The second kappa shape index (κ2) is 6.78. The Morgan fingerprint density at radius 3 is 3.05 bits per heavy atom. The fourth-order valence-electron chi connectivity index (χ4n) is 1.97. The molecule has 5 heteroatoms. The molecule has 0 unspecified atom stereocenters. The Bertz CT molecular complexity index is 535. The van der Waals surface area contributed by atoms with Gasteiger partial charge in [-0.3, -0.25) is 0 Å². The molecule has 0 aliphatic heterocycles. The minimum Gasteiger partial charge on any atom is -0.346 e. The Morgan fingerprint density at radius 2 is 2.21 bits per heavy atom. The van der Waals surface area contributed by atoms with E-state index in [0.717, 1.165) is 36.8 Å². The first-order chi connectivity index (χ1) is 9.31. The first-order valence-electron chi connectivity index (χ1n) is 6.74. The minimum atomic E-state index is -0.0913. The van der Waals surface area contributed by atoms with Crippen LogP contribution in [-0.4, -0.2) is 29.1 Å². The molecule has 0 radical (unpaired) electrons. The van der Waals surface area contributed by atoms with Crippen LogP contribution in [0.15, 0.2) is 24.5 Å². The molecule has 0 saturated carbocycles. The lowest BCUT2D eigenvalue weighted by atomic mass is 10.1. The van der Waals surface area contributed by atoms with Crippen LogP contribution in [0.5, 0.6) is 0 Å². The summed E-state index contributed by atoms with van der Waals surface area (Å²) in [4.78, 5) is 18.8. The van der Waals surface area contributed by atoms with Crippen LogP contribution in [-0.2, 0) is 6.42 Å². The summed E-state index contributed by atoms with van der Waals surface area (Å²) in [6, 6.07) is 3.87. The van der Waals surface area contributed by atoms with Crippen molar-refractivity contribution in [1.82, 2.24) is 20.6 Å². The second-order valence-electron chi connectivity index (χ2n) is 4.50. The number of hydrogen-bond donors (Lipinski definition) is 3. The van der Waals surface area contributed by atoms with Crippen LogP contribution in [0.1, 0.15) is 25.3 Å². The Labute approximate surface area is 112 Å². The van der Waals surface area contributed by atoms with E-state index in [9.17, 15) is 4.79 Å². The van der Waals surface area contributed by atoms with Crippen LogP contribution in [0.4, 0.5) is 4.79 Å². The van der Waals surface area contributed by atoms with Crippen LogP contribution in [0.25, 0.3) is 11.0 Å². The third-order valence-corrected chi connectivity index (χ3v) is 3.03. The number of aromatic amines is 1. The lowest BCUT2D eigenvalue weighted by Crippen LogP contribution is -2.37. The van der Waals surface area contributed by atoms with E-state index in [1.165, 1.54) is 5.56 Å². The highest BCUT2D eigenvalue weighted by atomic mass is 16.2. The first-order valence-corrected chi connectivity index (χ1v) is 6.74. The number of amides is 2. The molecule has 0 saturated heterocycles. The SMILES string of the molecule is CCCCNC(=O)NCCc1c[nH]c2ncccc12. The van der Waals surface area contributed by atoms with Gasteiger partial charge in [-0.15, -0.1) is 0 Å². The lowest BCUT2D eigenvalue weighted by Gasteiger charge is -2.06. The van der Waals surface area contributed by atoms with Gasteiger partial charge in [0.15, 0.2) is 0 Å². The van der Waals surface area contributed by atoms with Crippen molar-refractivity contribution in [3.8, 4) is 0 Å². The highest BCUT2D eigenvalue weighted by Gasteiger charge is 2.04. The van der Waals surface area contributed by atoms with E-state index < -0.39 is 0 Å². The van der Waals surface area contributed by atoms with Crippen molar-refractivity contribution in [3.05, 3.63) is 30.1 Å². The van der Waals surface area contributed by atoms with Crippen molar-refractivity contribution in [2.24, 2.45) is 0 Å². The molecule has 0 bridgehead atoms. The maximum Gasteiger partial charge on any atom is 0.314 e. The Kier molecular flexibility index (Phi) is 4.78. The monoisotopic (exact) mass is 260 g/mol. The predicted molar refractivity (Wildman–Crippen MR) is 76.1 cm³/mol. The topological polar surface area (TPSA) is 69.8 Å².